The summed E-state index contributed by atoms with van der Waals surface area (Å²) in [5, 5.41) is 32.4. The quantitative estimate of drug-likeness (QED) is 0.118. The topological polar surface area (TPSA) is 122 Å². The fraction of sp³-hybridized carbons (Fsp3) is 0.357. The molecule has 3 fully saturated rings. The highest BCUT2D eigenvalue weighted by atomic mass is 35.5. The summed E-state index contributed by atoms with van der Waals surface area (Å²) >= 11 is 12.0. The molecule has 2 amide bonds. The fourth-order valence-corrected chi connectivity index (χ4v) is 8.90. The molecule has 3 aliphatic rings. The Balaban J connectivity index is 0.000000208. The molecule has 3 atom stereocenters. The van der Waals surface area contributed by atoms with Crippen molar-refractivity contribution < 1.29 is 38.3 Å². The van der Waals surface area contributed by atoms with Gasteiger partial charge < -0.3 is 34.4 Å². The molecule has 16 heteroatoms. The minimum Gasteiger partial charge on any atom is -0.432 e. The number of amides is 2. The number of hydrogen-bond donors (Lipinski definition) is 3. The van der Waals surface area contributed by atoms with Gasteiger partial charge in [-0.15, -0.1) is 0 Å². The van der Waals surface area contributed by atoms with Crippen molar-refractivity contribution in [1.29, 1.82) is 0 Å². The van der Waals surface area contributed by atoms with Crippen molar-refractivity contribution in [2.24, 2.45) is 5.92 Å². The van der Waals surface area contributed by atoms with Crippen molar-refractivity contribution >= 4 is 62.7 Å². The first-order valence-electron chi connectivity index (χ1n) is 19.5. The molecule has 0 bridgehead atoms. The Bertz CT molecular complexity index is 2090. The van der Waals surface area contributed by atoms with Crippen LogP contribution in [-0.2, 0) is 27.2 Å². The van der Waals surface area contributed by atoms with Gasteiger partial charge in [0.2, 0.25) is 11.8 Å². The lowest BCUT2D eigenvalue weighted by atomic mass is 9.75. The lowest BCUT2D eigenvalue weighted by Crippen LogP contribution is -2.53. The number of aliphatic hydroxyl groups is 1. The van der Waals surface area contributed by atoms with Gasteiger partial charge >= 0.3 is 14.1 Å². The third kappa shape index (κ3) is 10.0. The van der Waals surface area contributed by atoms with Crippen LogP contribution in [0.4, 0.5) is 8.78 Å². The Morgan fingerprint density at radius 3 is 1.72 bits per heavy atom. The summed E-state index contributed by atoms with van der Waals surface area (Å²) in [7, 11) is -0.292. The molecule has 3 heterocycles. The summed E-state index contributed by atoms with van der Waals surface area (Å²) in [5.74, 6) is -1.52. The van der Waals surface area contributed by atoms with Gasteiger partial charge in [0, 0.05) is 39.7 Å². The van der Waals surface area contributed by atoms with Crippen LogP contribution >= 0.6 is 23.2 Å². The van der Waals surface area contributed by atoms with E-state index < -0.39 is 25.6 Å². The maximum atomic E-state index is 14.2. The molecule has 0 aromatic heterocycles. The van der Waals surface area contributed by atoms with Gasteiger partial charge in [0.05, 0.1) is 17.7 Å². The molecular formula is C42H45B3Cl2F2N3O6. The van der Waals surface area contributed by atoms with Crippen molar-refractivity contribution in [1.82, 2.24) is 14.4 Å². The van der Waals surface area contributed by atoms with Crippen molar-refractivity contribution in [2.45, 2.75) is 76.3 Å². The van der Waals surface area contributed by atoms with Gasteiger partial charge in [-0.05, 0) is 124 Å². The van der Waals surface area contributed by atoms with Crippen LogP contribution in [0.2, 0.25) is 23.7 Å². The number of halogens is 4. The minimum atomic E-state index is -1.17. The van der Waals surface area contributed by atoms with Crippen molar-refractivity contribution in [3.63, 3.8) is 0 Å². The zero-order valence-electron chi connectivity index (χ0n) is 32.4. The number of carbonyl (C=O) groups excluding carboxylic acids is 3. The molecule has 58 heavy (non-hydrogen) atoms. The average Bonchev–Trinajstić information content (AvgIpc) is 3.74. The van der Waals surface area contributed by atoms with Gasteiger partial charge in [-0.25, -0.2) is 8.78 Å². The van der Waals surface area contributed by atoms with Crippen molar-refractivity contribution in [3.05, 3.63) is 118 Å². The van der Waals surface area contributed by atoms with E-state index in [1.807, 2.05) is 53.3 Å². The predicted molar refractivity (Wildman–Crippen MR) is 226 cm³/mol. The van der Waals surface area contributed by atoms with Crippen LogP contribution in [-0.4, -0.2) is 99.9 Å². The van der Waals surface area contributed by atoms with Gasteiger partial charge in [-0.2, -0.15) is 0 Å². The Morgan fingerprint density at radius 1 is 0.776 bits per heavy atom. The molecule has 4 aromatic rings. The second-order valence-corrected chi connectivity index (χ2v) is 16.3. The van der Waals surface area contributed by atoms with Gasteiger partial charge in [-0.1, -0.05) is 71.7 Å². The van der Waals surface area contributed by atoms with Gasteiger partial charge in [0.15, 0.2) is 0 Å². The van der Waals surface area contributed by atoms with E-state index in [0.717, 1.165) is 29.3 Å². The Kier molecular flexibility index (Phi) is 14.2. The van der Waals surface area contributed by atoms with Crippen molar-refractivity contribution in [3.8, 4) is 22.3 Å². The summed E-state index contributed by atoms with van der Waals surface area (Å²) < 4.78 is 28.1. The number of benzene rings is 4. The lowest BCUT2D eigenvalue weighted by molar-refractivity contribution is -0.139. The largest absolute Gasteiger partial charge is 0.432 e. The van der Waals surface area contributed by atoms with E-state index in [1.54, 1.807) is 30.6 Å². The van der Waals surface area contributed by atoms with Crippen LogP contribution in [0.3, 0.4) is 0 Å². The van der Waals surface area contributed by atoms with E-state index >= 15 is 0 Å². The van der Waals surface area contributed by atoms with E-state index in [0.29, 0.717) is 78.4 Å². The second-order valence-electron chi connectivity index (χ2n) is 15.4. The Morgan fingerprint density at radius 2 is 1.26 bits per heavy atom. The van der Waals surface area contributed by atoms with Gasteiger partial charge in [-0.3, -0.25) is 9.59 Å². The van der Waals surface area contributed by atoms with Crippen LogP contribution in [0, 0.1) is 17.6 Å². The van der Waals surface area contributed by atoms with Crippen LogP contribution in [0.25, 0.3) is 22.3 Å². The smallest absolute Gasteiger partial charge is 0.412 e. The number of nitrogens with zero attached hydrogens (tertiary/aromatic N) is 3. The van der Waals surface area contributed by atoms with Crippen LogP contribution in [0.1, 0.15) is 43.2 Å². The summed E-state index contributed by atoms with van der Waals surface area (Å²) in [6, 6.07) is 23.6. The fourth-order valence-electron chi connectivity index (χ4n) is 8.56. The SMILES string of the molecule is CB(O)N1C(=O)C(C2(O)CCN([B]C=O)CC2)C[C@H]1Cc1ccc(-c2cc(Cl)ccc2F)cc1.CB(O)N1C(=O)CC[C@H]1Cc1ccc(-c2cc(Cl)ccc2F)cc1. The monoisotopic (exact) mass is 828 g/mol. The molecule has 4 aromatic carbocycles. The predicted octanol–water partition coefficient (Wildman–Crippen LogP) is 6.44. The highest BCUT2D eigenvalue weighted by molar-refractivity contribution is 6.64. The van der Waals surface area contributed by atoms with Gasteiger partial charge in [0.1, 0.15) is 11.6 Å². The molecule has 1 radical (unpaired) electrons. The van der Waals surface area contributed by atoms with E-state index in [2.05, 4.69) is 0 Å². The first-order chi connectivity index (χ1) is 27.7. The molecule has 1 unspecified atom stereocenters. The van der Waals surface area contributed by atoms with Gasteiger partial charge in [0.25, 0.3) is 7.41 Å². The first kappa shape index (κ1) is 43.5. The number of piperidine rings is 1. The Labute approximate surface area is 349 Å². The zero-order valence-corrected chi connectivity index (χ0v) is 33.9. The summed E-state index contributed by atoms with van der Waals surface area (Å²) in [6.07, 6.45) is 4.32. The maximum Gasteiger partial charge on any atom is 0.412 e. The third-order valence-electron chi connectivity index (χ3n) is 11.5. The van der Waals surface area contributed by atoms with Crippen LogP contribution in [0.5, 0.6) is 0 Å². The van der Waals surface area contributed by atoms with Crippen LogP contribution in [0.15, 0.2) is 84.9 Å². The van der Waals surface area contributed by atoms with E-state index in [-0.39, 0.29) is 35.5 Å². The summed E-state index contributed by atoms with van der Waals surface area (Å²) in [4.78, 5) is 40.7. The van der Waals surface area contributed by atoms with Crippen LogP contribution < -0.4 is 0 Å². The molecule has 9 nitrogen and oxygen atoms in total. The number of carbonyl (C=O) groups is 3. The minimum absolute atomic E-state index is 0.00579. The molecule has 301 valence electrons. The number of rotatable bonds is 11. The molecule has 3 N–H and O–H groups in total. The summed E-state index contributed by atoms with van der Waals surface area (Å²) in [5.41, 5.74) is 3.17. The lowest BCUT2D eigenvalue weighted by Gasteiger charge is -2.40. The Hall–Kier alpha value is -4.04. The summed E-state index contributed by atoms with van der Waals surface area (Å²) in [6.45, 7) is 4.17. The zero-order chi connectivity index (χ0) is 41.7. The van der Waals surface area contributed by atoms with E-state index in [1.165, 1.54) is 36.5 Å². The van der Waals surface area contributed by atoms with E-state index in [4.69, 9.17) is 23.2 Å². The van der Waals surface area contributed by atoms with E-state index in [9.17, 15) is 38.3 Å². The average molecular weight is 829 g/mol. The highest BCUT2D eigenvalue weighted by Gasteiger charge is 2.52. The molecular weight excluding hydrogens is 784 g/mol. The van der Waals surface area contributed by atoms with Crippen molar-refractivity contribution in [2.75, 3.05) is 13.1 Å². The standard InChI is InChI=1S/C24H27B2ClFN2O4.C18H18BClFNO2/c1-26(34)30-19(14-21(23(30)32)24(33)8-10-29(11-9-24)25-15-31)12-16-2-4-17(5-3-16)20-13-18(27)6-7-22(20)28;1-19(24)22-15(7-9-18(22)23)10-12-2-4-13(5-3-12)16-11-14(20)6-8-17(16)21/h2-7,13,15,19,21,33-34H,8-12,14H2,1H3;2-6,8,11,15,24H,7,9-10H2,1H3/t19-,21?;15-/m10/s1. The molecule has 0 spiro atoms. The maximum absolute atomic E-state index is 14.2. The third-order valence-corrected chi connectivity index (χ3v) is 12.0. The normalized spacial score (nSPS) is 20.5. The molecule has 7 rings (SSSR count). The molecule has 3 aliphatic heterocycles. The highest BCUT2D eigenvalue weighted by Crippen LogP contribution is 2.40. The number of hydrogen-bond acceptors (Lipinski definition) is 7. The molecule has 3 saturated heterocycles. The first-order valence-corrected chi connectivity index (χ1v) is 20.3. The molecule has 0 saturated carbocycles. The molecule has 0 aliphatic carbocycles. The second kappa shape index (κ2) is 18.9.